The Morgan fingerprint density at radius 3 is 0.333 bits per heavy atom. The monoisotopic (exact) mass is 2600 g/mol. The molecule has 0 amide bonds. The molecule has 8 rings (SSSR count). The predicted octanol–water partition coefficient (Wildman–Crippen LogP) is 41.6. The molecule has 0 bridgehead atoms. The van der Waals surface area contributed by atoms with E-state index in [0.717, 1.165) is 149 Å². The summed E-state index contributed by atoms with van der Waals surface area (Å²) >= 11 is 47.7. The Balaban J connectivity index is -0.00000187. The maximum absolute atomic E-state index is 8.26. The molecule has 30 heteroatoms. The Bertz CT molecular complexity index is 3890. The molecule has 0 unspecified atom stereocenters. The van der Waals surface area contributed by atoms with Crippen LogP contribution in [0.25, 0.3) is 0 Å². The van der Waals surface area contributed by atoms with Gasteiger partial charge in [-0.1, -0.05) is 509 Å². The summed E-state index contributed by atoms with van der Waals surface area (Å²) in [5.74, 6) is 6.34. The van der Waals surface area contributed by atoms with Gasteiger partial charge in [-0.15, -0.1) is 0 Å². The molecule has 0 aromatic heterocycles. The third-order valence-corrected chi connectivity index (χ3v) is 32.8. The second-order valence-electron chi connectivity index (χ2n) is 38.4. The van der Waals surface area contributed by atoms with Crippen molar-refractivity contribution in [2.75, 3.05) is 0 Å². The Labute approximate surface area is 1020 Å². The van der Waals surface area contributed by atoms with Crippen molar-refractivity contribution in [2.24, 2.45) is 0 Å². The topological polar surface area (TPSA) is 125 Å². The molecule has 8 aromatic rings. The summed E-state index contributed by atoms with van der Waals surface area (Å²) in [4.78, 5) is 0. The minimum absolute atomic E-state index is 0. The van der Waals surface area contributed by atoms with E-state index >= 15 is 0 Å². The zero-order valence-corrected chi connectivity index (χ0v) is 112. The SMILES string of the molecule is CCCCCCCCCc1ccccc1OP(=S)([S-])Oc1ccccc1CCCCCCCCC.CCCCCCCCCc1ccccc1OP(=S)([S-])Oc1ccccc1CCCCCCCCC.CCCCCCCCCc1ccccc1OP(=S)([S-])Oc1ccccc1CCCCCCCCC.CCCCCCCCCc1ccccc1OP(=S)([S-])Oc1ccccc1CCCCCCCCC.[O]=[Mo+4].[O]=[Mo+4].[O]=[Mo+4].[S-2].[S-2].[S-2].[S-2]. The van der Waals surface area contributed by atoms with E-state index in [-0.39, 0.29) is 54.0 Å². The summed E-state index contributed by atoms with van der Waals surface area (Å²) in [6, 6.07) is 65.3. The van der Waals surface area contributed by atoms with Crippen molar-refractivity contribution in [1.29, 1.82) is 0 Å². The minimum Gasteiger partial charge on any atom is -2.00 e. The fourth-order valence-electron chi connectivity index (χ4n) is 17.6. The van der Waals surface area contributed by atoms with Crippen LogP contribution in [0.5, 0.6) is 46.0 Å². The van der Waals surface area contributed by atoms with Gasteiger partial charge in [-0.3, -0.25) is 0 Å². The molecule has 0 saturated heterocycles. The Hall–Kier alpha value is -0.975. The quantitative estimate of drug-likeness (QED) is 0.0155. The number of para-hydroxylation sites is 8. The zero-order chi connectivity index (χ0) is 107. The van der Waals surface area contributed by atoms with Gasteiger partial charge in [-0.2, -0.15) is 0 Å². The molecule has 8 aromatic carbocycles. The first-order chi connectivity index (χ1) is 71.2. The van der Waals surface area contributed by atoms with E-state index in [1.54, 1.807) is 0 Å². The maximum Gasteiger partial charge on any atom is -2.00 e. The molecule has 150 heavy (non-hydrogen) atoms. The van der Waals surface area contributed by atoms with Crippen LogP contribution in [0.3, 0.4) is 0 Å². The number of aryl methyl sites for hydroxylation is 8. The van der Waals surface area contributed by atoms with Gasteiger partial charge in [-0.25, -0.2) is 0 Å². The van der Waals surface area contributed by atoms with E-state index in [0.29, 0.717) is 59.3 Å². The first-order valence-electron chi connectivity index (χ1n) is 56.2. The van der Waals surface area contributed by atoms with Crippen LogP contribution in [-0.4, -0.2) is 0 Å². The number of benzene rings is 8. The molecule has 0 saturated carbocycles. The van der Waals surface area contributed by atoms with Crippen molar-refractivity contribution in [3.8, 4) is 46.0 Å². The third-order valence-electron chi connectivity index (χ3n) is 25.9. The van der Waals surface area contributed by atoms with Crippen molar-refractivity contribution < 1.29 is 106 Å². The van der Waals surface area contributed by atoms with Crippen molar-refractivity contribution in [3.63, 3.8) is 0 Å². The van der Waals surface area contributed by atoms with Crippen LogP contribution >= 0.6 is 22.8 Å². The fourth-order valence-corrected chi connectivity index (χ4v) is 25.0. The Morgan fingerprint density at radius 1 is 0.160 bits per heavy atom. The van der Waals surface area contributed by atoms with Gasteiger partial charge in [0.1, 0.15) is 46.0 Å². The van der Waals surface area contributed by atoms with Crippen molar-refractivity contribution in [1.82, 2.24) is 0 Å². The van der Waals surface area contributed by atoms with Gasteiger partial charge in [0.25, 0.3) is 0 Å². The molecule has 0 aliphatic rings. The molecule has 0 heterocycles. The van der Waals surface area contributed by atoms with Gasteiger partial charge in [0.15, 0.2) is 22.8 Å². The van der Waals surface area contributed by atoms with Crippen LogP contribution in [-0.2, 0) is 271 Å². The predicted molar refractivity (Wildman–Crippen MR) is 668 cm³/mol. The van der Waals surface area contributed by atoms with Crippen LogP contribution in [0, 0.1) is 0 Å². The Kier molecular flexibility index (Phi) is 107. The summed E-state index contributed by atoms with van der Waals surface area (Å²) < 4.78 is 74.4. The second-order valence-corrected chi connectivity index (χ2v) is 57.7. The van der Waals surface area contributed by atoms with Crippen LogP contribution in [0.2, 0.25) is 0 Å². The summed E-state index contributed by atoms with van der Waals surface area (Å²) in [5, 5.41) is 0. The summed E-state index contributed by atoms with van der Waals surface area (Å²) in [6.45, 7) is 18.1. The molecule has 0 fully saturated rings. The van der Waals surface area contributed by atoms with Gasteiger partial charge >= 0.3 is 69.5 Å². The number of rotatable bonds is 80. The van der Waals surface area contributed by atoms with Crippen LogP contribution in [0.4, 0.5) is 0 Å². The first kappa shape index (κ1) is 153. The van der Waals surface area contributed by atoms with Gasteiger partial charge in [-0.05, 0) is 243 Å². The molecular weight excluding hydrogens is 2410 g/mol. The average molecular weight is 2600 g/mol. The molecule has 0 N–H and O–H groups in total. The summed E-state index contributed by atoms with van der Waals surface area (Å²) in [7, 11) is 0. The van der Waals surface area contributed by atoms with E-state index in [1.165, 1.54) is 353 Å². The van der Waals surface area contributed by atoms with E-state index < -0.39 is 22.8 Å². The van der Waals surface area contributed by atoms with E-state index in [9.17, 15) is 0 Å². The van der Waals surface area contributed by atoms with Gasteiger partial charge in [0.2, 0.25) is 0 Å². The van der Waals surface area contributed by atoms with Crippen molar-refractivity contribution in [2.45, 2.75) is 466 Å². The first-order valence-corrected chi connectivity index (χ1v) is 73.2. The van der Waals surface area contributed by atoms with Crippen LogP contribution in [0.15, 0.2) is 194 Å². The zero-order valence-electron chi connectivity index (χ0n) is 92.1. The van der Waals surface area contributed by atoms with Crippen molar-refractivity contribution in [3.05, 3.63) is 239 Å². The third kappa shape index (κ3) is 79.1. The van der Waals surface area contributed by atoms with Crippen LogP contribution < -0.4 is 36.2 Å². The molecular formula is C120H184Mo3O11P4S12. The second kappa shape index (κ2) is 104. The Morgan fingerprint density at radius 2 is 0.240 bits per heavy atom. The normalized spacial score (nSPS) is 10.9. The van der Waals surface area contributed by atoms with Crippen LogP contribution in [0.1, 0.15) is 459 Å². The molecule has 840 valence electrons. The number of hydrogen-bond donors (Lipinski definition) is 0. The molecule has 0 aliphatic carbocycles. The smallest absolute Gasteiger partial charge is 2.00 e. The largest absolute Gasteiger partial charge is 2.00 e. The minimum atomic E-state index is -2.89. The van der Waals surface area contributed by atoms with Gasteiger partial charge < -0.3 is 139 Å². The molecule has 0 atom stereocenters. The van der Waals surface area contributed by atoms with Crippen molar-refractivity contribution >= 4 is 173 Å². The summed E-state index contributed by atoms with van der Waals surface area (Å²) in [5.41, 5.74) is -2.11. The number of hydrogen-bond acceptors (Lipinski definition) is 19. The standard InChI is InChI=1S/4C30H47O2PS2.3Mo.3O.4S/c4*1-3-5-7-9-11-13-15-21-27-23-17-19-25-29(27)31-33(34,35)32-30-26-20-18-24-28(30)22-16-14-12-10-8-6-4-2;;;;;;;;;;/h4*17-20,23-26H,3-16,21-22H2,1-2H3,(H,34,35);;;;;;;;;;/q;;;;3*+4;;;;4*-2/p-4. The van der Waals surface area contributed by atoms with E-state index in [2.05, 4.69) is 152 Å². The summed E-state index contributed by atoms with van der Waals surface area (Å²) in [6.07, 6.45) is 80.4. The van der Waals surface area contributed by atoms with E-state index in [1.807, 2.05) is 97.1 Å². The molecule has 0 aliphatic heterocycles. The molecule has 0 spiro atoms. The molecule has 0 radical (unpaired) electrons. The maximum atomic E-state index is 8.26. The van der Waals surface area contributed by atoms with Gasteiger partial charge in [0.05, 0.1) is 0 Å². The molecule has 11 nitrogen and oxygen atoms in total. The van der Waals surface area contributed by atoms with E-state index in [4.69, 9.17) is 143 Å². The average Bonchev–Trinajstić information content (AvgIpc) is 0.842. The number of unbranched alkanes of at least 4 members (excludes halogenated alkanes) is 48. The fraction of sp³-hybridized carbons (Fsp3) is 0.600. The van der Waals surface area contributed by atoms with Gasteiger partial charge in [0, 0.05) is 0 Å².